The van der Waals surface area contributed by atoms with Crippen LogP contribution in [0.2, 0.25) is 0 Å². The van der Waals surface area contributed by atoms with Crippen molar-refractivity contribution in [3.05, 3.63) is 35.6 Å². The lowest BCUT2D eigenvalue weighted by molar-refractivity contribution is -0.137. The molecule has 1 unspecified atom stereocenters. The van der Waals surface area contributed by atoms with E-state index in [-0.39, 0.29) is 24.1 Å². The van der Waals surface area contributed by atoms with Crippen LogP contribution in [0.4, 0.5) is 4.39 Å². The minimum absolute atomic E-state index is 0.0752. The third-order valence-electron chi connectivity index (χ3n) is 3.55. The third-order valence-corrected chi connectivity index (χ3v) is 3.55. The van der Waals surface area contributed by atoms with Crippen LogP contribution in [-0.4, -0.2) is 23.5 Å². The summed E-state index contributed by atoms with van der Waals surface area (Å²) in [5.74, 6) is -1.39. The maximum Gasteiger partial charge on any atom is 0.303 e. The number of carbonyl (C=O) groups excluding carboxylic acids is 1. The number of carboxylic acids is 1. The van der Waals surface area contributed by atoms with Crippen LogP contribution in [0.15, 0.2) is 24.3 Å². The van der Waals surface area contributed by atoms with E-state index in [1.165, 1.54) is 6.07 Å². The number of hydrogen-bond acceptors (Lipinski definition) is 2. The van der Waals surface area contributed by atoms with Crippen molar-refractivity contribution < 1.29 is 19.1 Å². The average Bonchev–Trinajstić information content (AvgIpc) is 2.48. The van der Waals surface area contributed by atoms with Crippen LogP contribution in [0, 0.1) is 11.7 Å². The van der Waals surface area contributed by atoms with Crippen molar-refractivity contribution in [2.45, 2.75) is 45.4 Å². The largest absolute Gasteiger partial charge is 0.481 e. The molecule has 0 aliphatic heterocycles. The smallest absolute Gasteiger partial charge is 0.303 e. The maximum absolute atomic E-state index is 13.5. The standard InChI is InChI=1S/C17H24FNO3/c1-13(12-14-8-5-6-9-15(14)18)17(22)19-11-7-3-2-4-10-16(20)21/h5-6,8-9,13H,2-4,7,10-12H2,1H3,(H,19,22)(H,20,21). The zero-order chi connectivity index (χ0) is 16.4. The van der Waals surface area contributed by atoms with Crippen LogP contribution < -0.4 is 5.32 Å². The summed E-state index contributed by atoms with van der Waals surface area (Å²) in [6.45, 7) is 2.36. The van der Waals surface area contributed by atoms with E-state index in [9.17, 15) is 14.0 Å². The molecule has 1 aromatic carbocycles. The SMILES string of the molecule is CC(Cc1ccccc1F)C(=O)NCCCCCCC(=O)O. The van der Waals surface area contributed by atoms with Crippen molar-refractivity contribution in [1.29, 1.82) is 0 Å². The van der Waals surface area contributed by atoms with Gasteiger partial charge in [-0.1, -0.05) is 38.0 Å². The Kier molecular flexibility index (Phi) is 8.18. The summed E-state index contributed by atoms with van der Waals surface area (Å²) in [7, 11) is 0. The molecular weight excluding hydrogens is 285 g/mol. The predicted molar refractivity (Wildman–Crippen MR) is 83.0 cm³/mol. The molecule has 5 heteroatoms. The second-order valence-corrected chi connectivity index (χ2v) is 5.55. The quantitative estimate of drug-likeness (QED) is 0.652. The molecule has 0 fully saturated rings. The molecule has 0 aliphatic carbocycles. The minimum Gasteiger partial charge on any atom is -0.481 e. The summed E-state index contributed by atoms with van der Waals surface area (Å²) in [4.78, 5) is 22.3. The molecule has 4 nitrogen and oxygen atoms in total. The summed E-state index contributed by atoms with van der Waals surface area (Å²) in [6.07, 6.45) is 3.84. The number of benzene rings is 1. The zero-order valence-corrected chi connectivity index (χ0v) is 13.0. The molecule has 22 heavy (non-hydrogen) atoms. The van der Waals surface area contributed by atoms with Gasteiger partial charge in [-0.2, -0.15) is 0 Å². The summed E-state index contributed by atoms with van der Waals surface area (Å²) < 4.78 is 13.5. The molecule has 1 amide bonds. The zero-order valence-electron chi connectivity index (χ0n) is 13.0. The van der Waals surface area contributed by atoms with Crippen LogP contribution >= 0.6 is 0 Å². The van der Waals surface area contributed by atoms with Crippen molar-refractivity contribution in [3.8, 4) is 0 Å². The molecular formula is C17H24FNO3. The number of carboxylic acid groups (broad SMARTS) is 1. The third kappa shape index (κ3) is 7.20. The molecule has 1 aromatic rings. The Morgan fingerprint density at radius 1 is 1.18 bits per heavy atom. The van der Waals surface area contributed by atoms with Crippen molar-refractivity contribution >= 4 is 11.9 Å². The number of halogens is 1. The lowest BCUT2D eigenvalue weighted by atomic mass is 10.00. The second kappa shape index (κ2) is 9.92. The fourth-order valence-corrected chi connectivity index (χ4v) is 2.23. The first-order chi connectivity index (χ1) is 10.5. The van der Waals surface area contributed by atoms with E-state index >= 15 is 0 Å². The van der Waals surface area contributed by atoms with Gasteiger partial charge in [-0.05, 0) is 30.9 Å². The number of aliphatic carboxylic acids is 1. The molecule has 122 valence electrons. The maximum atomic E-state index is 13.5. The normalized spacial score (nSPS) is 11.9. The number of nitrogens with one attached hydrogen (secondary N) is 1. The van der Waals surface area contributed by atoms with Gasteiger partial charge in [-0.3, -0.25) is 9.59 Å². The van der Waals surface area contributed by atoms with Gasteiger partial charge in [0.2, 0.25) is 5.91 Å². The van der Waals surface area contributed by atoms with E-state index in [0.717, 1.165) is 19.3 Å². The lowest BCUT2D eigenvalue weighted by Crippen LogP contribution is -2.31. The molecule has 0 saturated carbocycles. The Balaban J connectivity index is 2.17. The molecule has 0 aromatic heterocycles. The van der Waals surface area contributed by atoms with Crippen molar-refractivity contribution in [3.63, 3.8) is 0 Å². The molecule has 0 heterocycles. The first-order valence-corrected chi connectivity index (χ1v) is 7.73. The number of amides is 1. The Morgan fingerprint density at radius 2 is 1.86 bits per heavy atom. The van der Waals surface area contributed by atoms with E-state index in [1.807, 2.05) is 0 Å². The summed E-state index contributed by atoms with van der Waals surface area (Å²) in [5.41, 5.74) is 0.554. The van der Waals surface area contributed by atoms with Crippen LogP contribution in [0.5, 0.6) is 0 Å². The fraction of sp³-hybridized carbons (Fsp3) is 0.529. The lowest BCUT2D eigenvalue weighted by Gasteiger charge is -2.12. The van der Waals surface area contributed by atoms with Gasteiger partial charge in [0, 0.05) is 18.9 Å². The van der Waals surface area contributed by atoms with E-state index in [1.54, 1.807) is 25.1 Å². The second-order valence-electron chi connectivity index (χ2n) is 5.55. The molecule has 0 saturated heterocycles. The molecule has 0 radical (unpaired) electrons. The van der Waals surface area contributed by atoms with Gasteiger partial charge in [-0.25, -0.2) is 4.39 Å². The molecule has 1 rings (SSSR count). The van der Waals surface area contributed by atoms with Gasteiger partial charge >= 0.3 is 5.97 Å². The Hall–Kier alpha value is -1.91. The Labute approximate surface area is 130 Å². The molecule has 0 bridgehead atoms. The summed E-state index contributed by atoms with van der Waals surface area (Å²) >= 11 is 0. The van der Waals surface area contributed by atoms with Crippen molar-refractivity contribution in [2.75, 3.05) is 6.54 Å². The molecule has 2 N–H and O–H groups in total. The summed E-state index contributed by atoms with van der Waals surface area (Å²) in [5, 5.41) is 11.4. The van der Waals surface area contributed by atoms with Crippen LogP contribution in [-0.2, 0) is 16.0 Å². The number of carbonyl (C=O) groups is 2. The number of unbranched alkanes of at least 4 members (excludes halogenated alkanes) is 3. The van der Waals surface area contributed by atoms with Crippen LogP contribution in [0.1, 0.15) is 44.6 Å². The van der Waals surface area contributed by atoms with E-state index < -0.39 is 5.97 Å². The molecule has 0 spiro atoms. The first-order valence-electron chi connectivity index (χ1n) is 7.73. The number of hydrogen-bond donors (Lipinski definition) is 2. The molecule has 1 atom stereocenters. The van der Waals surface area contributed by atoms with E-state index in [2.05, 4.69) is 5.32 Å². The van der Waals surface area contributed by atoms with Gasteiger partial charge in [0.25, 0.3) is 0 Å². The van der Waals surface area contributed by atoms with Crippen molar-refractivity contribution in [2.24, 2.45) is 5.92 Å². The number of rotatable bonds is 10. The highest BCUT2D eigenvalue weighted by atomic mass is 19.1. The van der Waals surface area contributed by atoms with Crippen LogP contribution in [0.3, 0.4) is 0 Å². The first kappa shape index (κ1) is 18.1. The highest BCUT2D eigenvalue weighted by Gasteiger charge is 2.14. The van der Waals surface area contributed by atoms with E-state index in [0.29, 0.717) is 24.9 Å². The molecule has 0 aliphatic rings. The topological polar surface area (TPSA) is 66.4 Å². The summed E-state index contributed by atoms with van der Waals surface area (Å²) in [6, 6.07) is 6.49. The monoisotopic (exact) mass is 309 g/mol. The van der Waals surface area contributed by atoms with Gasteiger partial charge < -0.3 is 10.4 Å². The predicted octanol–water partition coefficient (Wildman–Crippen LogP) is 3.16. The van der Waals surface area contributed by atoms with Gasteiger partial charge in [-0.15, -0.1) is 0 Å². The minimum atomic E-state index is -0.768. The highest BCUT2D eigenvalue weighted by molar-refractivity contribution is 5.78. The van der Waals surface area contributed by atoms with Gasteiger partial charge in [0.05, 0.1) is 0 Å². The van der Waals surface area contributed by atoms with Gasteiger partial charge in [0.1, 0.15) is 5.82 Å². The average molecular weight is 309 g/mol. The fourth-order valence-electron chi connectivity index (χ4n) is 2.23. The Morgan fingerprint density at radius 3 is 2.55 bits per heavy atom. The van der Waals surface area contributed by atoms with E-state index in [4.69, 9.17) is 5.11 Å². The Bertz CT molecular complexity index is 491. The highest BCUT2D eigenvalue weighted by Crippen LogP contribution is 2.12. The van der Waals surface area contributed by atoms with Crippen LogP contribution in [0.25, 0.3) is 0 Å². The van der Waals surface area contributed by atoms with Gasteiger partial charge in [0.15, 0.2) is 0 Å². The van der Waals surface area contributed by atoms with Crippen molar-refractivity contribution in [1.82, 2.24) is 5.32 Å².